The smallest absolute Gasteiger partial charge is 0.222 e. The van der Waals surface area contributed by atoms with Gasteiger partial charge in [0.2, 0.25) is 5.91 Å². The van der Waals surface area contributed by atoms with E-state index in [4.69, 9.17) is 5.11 Å². The molecule has 2 N–H and O–H groups in total. The van der Waals surface area contributed by atoms with Crippen molar-refractivity contribution in [3.63, 3.8) is 0 Å². The zero-order chi connectivity index (χ0) is 15.4. The number of unbranched alkanes of at least 4 members (excludes halogenated alkanes) is 1. The third kappa shape index (κ3) is 3.50. The summed E-state index contributed by atoms with van der Waals surface area (Å²) in [7, 11) is 0. The molecule has 2 fully saturated rings. The number of fused-ring (bicyclic) bond motifs is 1. The third-order valence-corrected chi connectivity index (χ3v) is 4.98. The van der Waals surface area contributed by atoms with Crippen molar-refractivity contribution in [1.82, 2.24) is 19.8 Å². The normalized spacial score (nSPS) is 26.2. The van der Waals surface area contributed by atoms with Crippen molar-refractivity contribution >= 4 is 5.91 Å². The lowest BCUT2D eigenvalue weighted by molar-refractivity contribution is -0.141. The summed E-state index contributed by atoms with van der Waals surface area (Å²) in [6.45, 7) is 4.04. The number of likely N-dealkylation sites (tertiary alicyclic amines) is 2. The van der Waals surface area contributed by atoms with Crippen LogP contribution >= 0.6 is 0 Å². The molecule has 0 aromatic carbocycles. The Labute approximate surface area is 131 Å². The minimum absolute atomic E-state index is 0.216. The quantitative estimate of drug-likeness (QED) is 0.769. The number of carbonyl (C=O) groups excluding carboxylic acids is 1. The van der Waals surface area contributed by atoms with Crippen LogP contribution in [0.25, 0.3) is 0 Å². The van der Waals surface area contributed by atoms with Crippen LogP contribution in [0.2, 0.25) is 0 Å². The highest BCUT2D eigenvalue weighted by molar-refractivity contribution is 5.77. The molecule has 1 amide bonds. The van der Waals surface area contributed by atoms with Gasteiger partial charge in [-0.3, -0.25) is 9.69 Å². The highest BCUT2D eigenvalue weighted by atomic mass is 16.3. The summed E-state index contributed by atoms with van der Waals surface area (Å²) in [5, 5.41) is 8.93. The molecular formula is C16H26N4O2. The summed E-state index contributed by atoms with van der Waals surface area (Å²) in [4.78, 5) is 24.0. The van der Waals surface area contributed by atoms with E-state index in [0.717, 1.165) is 57.6 Å². The summed E-state index contributed by atoms with van der Waals surface area (Å²) in [6.07, 6.45) is 8.06. The van der Waals surface area contributed by atoms with E-state index in [2.05, 4.69) is 19.8 Å². The van der Waals surface area contributed by atoms with Gasteiger partial charge in [0, 0.05) is 57.1 Å². The number of aromatic amines is 1. The van der Waals surface area contributed by atoms with Gasteiger partial charge < -0.3 is 15.0 Å². The summed E-state index contributed by atoms with van der Waals surface area (Å²) in [5.41, 5.74) is 1.16. The van der Waals surface area contributed by atoms with Crippen molar-refractivity contribution in [2.75, 3.05) is 26.2 Å². The maximum absolute atomic E-state index is 12.2. The van der Waals surface area contributed by atoms with E-state index in [1.165, 1.54) is 0 Å². The number of nitrogens with zero attached hydrogens (tertiary/aromatic N) is 3. The summed E-state index contributed by atoms with van der Waals surface area (Å²) in [5.74, 6) is 0.893. The fraction of sp³-hybridized carbons (Fsp3) is 0.750. The first kappa shape index (κ1) is 15.5. The Bertz CT molecular complexity index is 477. The van der Waals surface area contributed by atoms with Gasteiger partial charge in [-0.15, -0.1) is 0 Å². The standard InChI is InChI=1S/C16H26N4O2/c21-8-2-1-6-20-15-5-7-19(11-14-9-17-12-18-14)10-13(15)3-4-16(20)22/h9,12-13,15,21H,1-8,10-11H2,(H,17,18)/t13-,15+/m0/s1. The molecule has 0 aliphatic carbocycles. The number of piperidine rings is 2. The Kier molecular flexibility index (Phi) is 5.10. The van der Waals surface area contributed by atoms with Crippen molar-refractivity contribution < 1.29 is 9.90 Å². The third-order valence-electron chi connectivity index (χ3n) is 4.98. The van der Waals surface area contributed by atoms with Gasteiger partial charge >= 0.3 is 0 Å². The maximum atomic E-state index is 12.2. The SMILES string of the molecule is O=C1CC[C@H]2CN(Cc3cnc[nH]3)CC[C@H]2N1CCCCO. The monoisotopic (exact) mass is 306 g/mol. The van der Waals surface area contributed by atoms with Crippen LogP contribution in [0, 0.1) is 5.92 Å². The zero-order valence-electron chi connectivity index (χ0n) is 13.1. The molecule has 2 aliphatic rings. The van der Waals surface area contributed by atoms with Gasteiger partial charge in [-0.1, -0.05) is 0 Å². The van der Waals surface area contributed by atoms with Crippen LogP contribution in [-0.4, -0.2) is 63.1 Å². The number of hydrogen-bond donors (Lipinski definition) is 2. The molecule has 122 valence electrons. The number of amides is 1. The van der Waals surface area contributed by atoms with Crippen molar-refractivity contribution in [2.45, 2.75) is 44.7 Å². The van der Waals surface area contributed by atoms with E-state index in [1.807, 2.05) is 6.20 Å². The number of carbonyl (C=O) groups is 1. The lowest BCUT2D eigenvalue weighted by atomic mass is 9.83. The molecule has 1 aromatic rings. The highest BCUT2D eigenvalue weighted by Gasteiger charge is 2.38. The van der Waals surface area contributed by atoms with Crippen molar-refractivity contribution in [1.29, 1.82) is 0 Å². The largest absolute Gasteiger partial charge is 0.396 e. The van der Waals surface area contributed by atoms with Crippen LogP contribution in [-0.2, 0) is 11.3 Å². The van der Waals surface area contributed by atoms with Gasteiger partial charge in [-0.05, 0) is 31.6 Å². The second-order valence-corrected chi connectivity index (χ2v) is 6.48. The Morgan fingerprint density at radius 2 is 2.27 bits per heavy atom. The van der Waals surface area contributed by atoms with Crippen molar-refractivity contribution in [2.24, 2.45) is 5.92 Å². The van der Waals surface area contributed by atoms with Crippen LogP contribution < -0.4 is 0 Å². The van der Waals surface area contributed by atoms with E-state index in [0.29, 0.717) is 24.3 Å². The molecule has 2 aliphatic heterocycles. The van der Waals surface area contributed by atoms with E-state index >= 15 is 0 Å². The average molecular weight is 306 g/mol. The number of rotatable bonds is 6. The number of hydrogen-bond acceptors (Lipinski definition) is 4. The predicted molar refractivity (Wildman–Crippen MR) is 83.0 cm³/mol. The molecule has 3 rings (SSSR count). The number of aromatic nitrogens is 2. The molecule has 6 nitrogen and oxygen atoms in total. The average Bonchev–Trinajstić information content (AvgIpc) is 3.02. The van der Waals surface area contributed by atoms with Crippen LogP contribution in [0.5, 0.6) is 0 Å². The van der Waals surface area contributed by atoms with E-state index in [9.17, 15) is 4.79 Å². The van der Waals surface area contributed by atoms with Crippen molar-refractivity contribution in [3.8, 4) is 0 Å². The maximum Gasteiger partial charge on any atom is 0.222 e. The molecule has 0 bridgehead atoms. The van der Waals surface area contributed by atoms with Crippen LogP contribution in [0.15, 0.2) is 12.5 Å². The first-order chi connectivity index (χ1) is 10.8. The number of nitrogens with one attached hydrogen (secondary N) is 1. The minimum Gasteiger partial charge on any atom is -0.396 e. The Balaban J connectivity index is 1.57. The molecule has 0 unspecified atom stereocenters. The number of aliphatic hydroxyl groups is 1. The molecule has 6 heteroatoms. The predicted octanol–water partition coefficient (Wildman–Crippen LogP) is 0.995. The molecular weight excluding hydrogens is 280 g/mol. The Morgan fingerprint density at radius 3 is 3.05 bits per heavy atom. The first-order valence-electron chi connectivity index (χ1n) is 8.38. The second kappa shape index (κ2) is 7.24. The summed E-state index contributed by atoms with van der Waals surface area (Å²) in [6, 6.07) is 0.401. The first-order valence-corrected chi connectivity index (χ1v) is 8.38. The minimum atomic E-state index is 0.216. The molecule has 0 spiro atoms. The van der Waals surface area contributed by atoms with Crippen LogP contribution in [0.3, 0.4) is 0 Å². The van der Waals surface area contributed by atoms with Gasteiger partial charge in [0.05, 0.1) is 6.33 Å². The lowest BCUT2D eigenvalue weighted by Gasteiger charge is -2.47. The van der Waals surface area contributed by atoms with Gasteiger partial charge in [0.25, 0.3) is 0 Å². The fourth-order valence-electron chi connectivity index (χ4n) is 3.87. The zero-order valence-corrected chi connectivity index (χ0v) is 13.1. The van der Waals surface area contributed by atoms with E-state index < -0.39 is 0 Å². The Hall–Kier alpha value is -1.40. The van der Waals surface area contributed by atoms with Gasteiger partial charge in [-0.25, -0.2) is 4.98 Å². The number of H-pyrrole nitrogens is 1. The van der Waals surface area contributed by atoms with Gasteiger partial charge in [0.15, 0.2) is 0 Å². The van der Waals surface area contributed by atoms with Crippen molar-refractivity contribution in [3.05, 3.63) is 18.2 Å². The van der Waals surface area contributed by atoms with E-state index in [-0.39, 0.29) is 6.61 Å². The number of imidazole rings is 1. The van der Waals surface area contributed by atoms with E-state index in [1.54, 1.807) is 6.33 Å². The fourth-order valence-corrected chi connectivity index (χ4v) is 3.87. The Morgan fingerprint density at radius 1 is 1.36 bits per heavy atom. The molecule has 2 saturated heterocycles. The second-order valence-electron chi connectivity index (χ2n) is 6.48. The lowest BCUT2D eigenvalue weighted by Crippen LogP contribution is -2.56. The number of aliphatic hydroxyl groups excluding tert-OH is 1. The van der Waals surface area contributed by atoms with Gasteiger partial charge in [-0.2, -0.15) is 0 Å². The summed E-state index contributed by atoms with van der Waals surface area (Å²) >= 11 is 0. The van der Waals surface area contributed by atoms with Gasteiger partial charge in [0.1, 0.15) is 0 Å². The topological polar surface area (TPSA) is 72.5 Å². The highest BCUT2D eigenvalue weighted by Crippen LogP contribution is 2.31. The van der Waals surface area contributed by atoms with Crippen LogP contribution in [0.4, 0.5) is 0 Å². The molecule has 1 aromatic heterocycles. The molecule has 2 atom stereocenters. The molecule has 0 radical (unpaired) electrons. The molecule has 3 heterocycles. The van der Waals surface area contributed by atoms with Crippen LogP contribution in [0.1, 0.15) is 37.8 Å². The summed E-state index contributed by atoms with van der Waals surface area (Å²) < 4.78 is 0. The molecule has 0 saturated carbocycles. The molecule has 22 heavy (non-hydrogen) atoms.